The Hall–Kier alpha value is -1.40. The van der Waals surface area contributed by atoms with Gasteiger partial charge in [-0.2, -0.15) is 0 Å². The van der Waals surface area contributed by atoms with Crippen LogP contribution in [0.4, 0.5) is 5.13 Å². The zero-order valence-electron chi connectivity index (χ0n) is 10.0. The molecule has 18 heavy (non-hydrogen) atoms. The molecule has 0 saturated heterocycles. The molecular formula is C12H14N2O2S2. The van der Waals surface area contributed by atoms with Gasteiger partial charge in [-0.05, 0) is 17.9 Å². The third-order valence-electron chi connectivity index (χ3n) is 2.33. The molecule has 0 amide bonds. The van der Waals surface area contributed by atoms with Crippen LogP contribution in [0.2, 0.25) is 0 Å². The molecule has 0 saturated carbocycles. The normalized spacial score (nSPS) is 10.3. The topological polar surface area (TPSA) is 51.2 Å². The van der Waals surface area contributed by atoms with Crippen molar-refractivity contribution < 1.29 is 9.53 Å². The molecule has 0 spiro atoms. The molecule has 0 aliphatic rings. The van der Waals surface area contributed by atoms with Gasteiger partial charge in [-0.3, -0.25) is 4.79 Å². The van der Waals surface area contributed by atoms with Gasteiger partial charge in [0.25, 0.3) is 0 Å². The fourth-order valence-electron chi connectivity index (χ4n) is 1.44. The standard InChI is InChI=1S/C12H14N2O2S2/c1-16-11(15)7-9-8-18-12(14-9)13-5-4-10-3-2-6-17-10/h2-3,6,8H,4-5,7H2,1H3,(H,13,14). The highest BCUT2D eigenvalue weighted by Gasteiger charge is 2.07. The number of carbonyl (C=O) groups is 1. The van der Waals surface area contributed by atoms with Crippen LogP contribution in [0, 0.1) is 0 Å². The maximum Gasteiger partial charge on any atom is 0.311 e. The summed E-state index contributed by atoms with van der Waals surface area (Å²) in [5, 5.41) is 8.06. The fraction of sp³-hybridized carbons (Fsp3) is 0.333. The molecule has 0 aliphatic heterocycles. The Labute approximate surface area is 114 Å². The Morgan fingerprint density at radius 1 is 1.50 bits per heavy atom. The van der Waals surface area contributed by atoms with Gasteiger partial charge >= 0.3 is 5.97 Å². The van der Waals surface area contributed by atoms with E-state index in [9.17, 15) is 4.79 Å². The Bertz CT molecular complexity index is 494. The molecule has 6 heteroatoms. The Morgan fingerprint density at radius 2 is 2.39 bits per heavy atom. The molecule has 96 valence electrons. The second kappa shape index (κ2) is 6.51. The van der Waals surface area contributed by atoms with Crippen LogP contribution in [-0.2, 0) is 22.4 Å². The second-order valence-electron chi connectivity index (χ2n) is 3.65. The molecule has 0 bridgehead atoms. The van der Waals surface area contributed by atoms with Crippen molar-refractivity contribution in [3.05, 3.63) is 33.5 Å². The average Bonchev–Trinajstić information content (AvgIpc) is 3.01. The highest BCUT2D eigenvalue weighted by Crippen LogP contribution is 2.16. The lowest BCUT2D eigenvalue weighted by atomic mass is 10.3. The van der Waals surface area contributed by atoms with Crippen LogP contribution in [0.15, 0.2) is 22.9 Å². The number of nitrogens with zero attached hydrogens (tertiary/aromatic N) is 1. The third kappa shape index (κ3) is 3.82. The summed E-state index contributed by atoms with van der Waals surface area (Å²) in [5.74, 6) is -0.259. The van der Waals surface area contributed by atoms with E-state index in [0.29, 0.717) is 0 Å². The number of rotatable bonds is 6. The molecule has 0 atom stereocenters. The van der Waals surface area contributed by atoms with E-state index in [-0.39, 0.29) is 12.4 Å². The predicted octanol–water partition coefficient (Wildman–Crippen LogP) is 2.57. The Kier molecular flexibility index (Phi) is 4.72. The smallest absolute Gasteiger partial charge is 0.311 e. The third-order valence-corrected chi connectivity index (χ3v) is 4.12. The van der Waals surface area contributed by atoms with Crippen LogP contribution < -0.4 is 5.32 Å². The summed E-state index contributed by atoms with van der Waals surface area (Å²) in [6, 6.07) is 4.18. The zero-order chi connectivity index (χ0) is 12.8. The van der Waals surface area contributed by atoms with E-state index >= 15 is 0 Å². The molecule has 0 radical (unpaired) electrons. The van der Waals surface area contributed by atoms with E-state index in [1.165, 1.54) is 23.3 Å². The molecule has 2 aromatic rings. The zero-order valence-corrected chi connectivity index (χ0v) is 11.6. The number of methoxy groups -OCH3 is 1. The molecule has 0 aliphatic carbocycles. The largest absolute Gasteiger partial charge is 0.469 e. The number of hydrogen-bond acceptors (Lipinski definition) is 6. The number of ether oxygens (including phenoxy) is 1. The molecule has 1 N–H and O–H groups in total. The number of thiophene rings is 1. The van der Waals surface area contributed by atoms with Crippen LogP contribution in [0.1, 0.15) is 10.6 Å². The summed E-state index contributed by atoms with van der Waals surface area (Å²) in [5.41, 5.74) is 0.755. The van der Waals surface area contributed by atoms with Gasteiger partial charge in [0.1, 0.15) is 0 Å². The molecule has 0 aromatic carbocycles. The van der Waals surface area contributed by atoms with Crippen LogP contribution in [0.3, 0.4) is 0 Å². The summed E-state index contributed by atoms with van der Waals surface area (Å²) in [4.78, 5) is 16.8. The van der Waals surface area contributed by atoms with E-state index in [1.54, 1.807) is 11.3 Å². The summed E-state index contributed by atoms with van der Waals surface area (Å²) < 4.78 is 4.60. The van der Waals surface area contributed by atoms with Crippen LogP contribution >= 0.6 is 22.7 Å². The van der Waals surface area contributed by atoms with Gasteiger partial charge in [0.2, 0.25) is 0 Å². The number of carbonyl (C=O) groups excluding carboxylic acids is 1. The number of aromatic nitrogens is 1. The van der Waals surface area contributed by atoms with Crippen LogP contribution in [0.5, 0.6) is 0 Å². The van der Waals surface area contributed by atoms with Gasteiger partial charge in [-0.25, -0.2) is 4.98 Å². The first-order valence-electron chi connectivity index (χ1n) is 5.55. The highest BCUT2D eigenvalue weighted by atomic mass is 32.1. The number of nitrogens with one attached hydrogen (secondary N) is 1. The first-order valence-corrected chi connectivity index (χ1v) is 7.31. The molecule has 0 fully saturated rings. The lowest BCUT2D eigenvalue weighted by molar-refractivity contribution is -0.139. The quantitative estimate of drug-likeness (QED) is 0.827. The summed E-state index contributed by atoms with van der Waals surface area (Å²) in [7, 11) is 1.38. The number of anilines is 1. The minimum absolute atomic E-state index is 0.236. The van der Waals surface area contributed by atoms with Crippen molar-refractivity contribution in [3.63, 3.8) is 0 Å². The van der Waals surface area contributed by atoms with E-state index < -0.39 is 0 Å². The van der Waals surface area contributed by atoms with Gasteiger partial charge in [0, 0.05) is 16.8 Å². The van der Waals surface area contributed by atoms with Crippen molar-refractivity contribution >= 4 is 33.8 Å². The fourth-order valence-corrected chi connectivity index (χ4v) is 2.88. The maximum atomic E-state index is 11.1. The molecule has 0 unspecified atom stereocenters. The Balaban J connectivity index is 1.78. The highest BCUT2D eigenvalue weighted by molar-refractivity contribution is 7.13. The van der Waals surface area contributed by atoms with E-state index in [1.807, 2.05) is 5.38 Å². The number of hydrogen-bond donors (Lipinski definition) is 1. The van der Waals surface area contributed by atoms with E-state index in [0.717, 1.165) is 23.8 Å². The SMILES string of the molecule is COC(=O)Cc1csc(NCCc2cccs2)n1. The van der Waals surface area contributed by atoms with Gasteiger partial charge in [0.15, 0.2) is 5.13 Å². The molecule has 2 heterocycles. The lowest BCUT2D eigenvalue weighted by Crippen LogP contribution is -2.06. The van der Waals surface area contributed by atoms with Crippen LogP contribution in [-0.4, -0.2) is 24.6 Å². The van der Waals surface area contributed by atoms with Crippen molar-refractivity contribution in [3.8, 4) is 0 Å². The summed E-state index contributed by atoms with van der Waals surface area (Å²) in [6.45, 7) is 0.853. The average molecular weight is 282 g/mol. The van der Waals surface area contributed by atoms with Crippen molar-refractivity contribution in [2.24, 2.45) is 0 Å². The van der Waals surface area contributed by atoms with E-state index in [2.05, 4.69) is 32.6 Å². The lowest BCUT2D eigenvalue weighted by Gasteiger charge is -2.00. The van der Waals surface area contributed by atoms with Gasteiger partial charge in [0.05, 0.1) is 19.2 Å². The van der Waals surface area contributed by atoms with Gasteiger partial charge in [-0.15, -0.1) is 22.7 Å². The maximum absolute atomic E-state index is 11.1. The molecular weight excluding hydrogens is 268 g/mol. The molecule has 2 rings (SSSR count). The summed E-state index contributed by atoms with van der Waals surface area (Å²) in [6.07, 6.45) is 1.23. The number of esters is 1. The van der Waals surface area contributed by atoms with E-state index in [4.69, 9.17) is 0 Å². The van der Waals surface area contributed by atoms with Gasteiger partial charge in [-0.1, -0.05) is 6.07 Å². The molecule has 4 nitrogen and oxygen atoms in total. The van der Waals surface area contributed by atoms with Crippen molar-refractivity contribution in [2.75, 3.05) is 19.0 Å². The van der Waals surface area contributed by atoms with Gasteiger partial charge < -0.3 is 10.1 Å². The monoisotopic (exact) mass is 282 g/mol. The second-order valence-corrected chi connectivity index (χ2v) is 5.54. The van der Waals surface area contributed by atoms with Crippen molar-refractivity contribution in [1.29, 1.82) is 0 Å². The first-order chi connectivity index (χ1) is 8.78. The van der Waals surface area contributed by atoms with Crippen LogP contribution in [0.25, 0.3) is 0 Å². The summed E-state index contributed by atoms with van der Waals surface area (Å²) >= 11 is 3.27. The Morgan fingerprint density at radius 3 is 3.11 bits per heavy atom. The van der Waals surface area contributed by atoms with Crippen molar-refractivity contribution in [2.45, 2.75) is 12.8 Å². The first kappa shape index (κ1) is 13.0. The number of thiazole rings is 1. The molecule has 2 aromatic heterocycles. The van der Waals surface area contributed by atoms with Crippen molar-refractivity contribution in [1.82, 2.24) is 4.98 Å². The minimum Gasteiger partial charge on any atom is -0.469 e. The minimum atomic E-state index is -0.259. The predicted molar refractivity (Wildman–Crippen MR) is 74.3 cm³/mol.